The zero-order valence-electron chi connectivity index (χ0n) is 12.0. The van der Waals surface area contributed by atoms with Crippen molar-refractivity contribution in [2.24, 2.45) is 0 Å². The van der Waals surface area contributed by atoms with Gasteiger partial charge in [0.2, 0.25) is 0 Å². The SMILES string of the molecule is CON(C)S(=O)(=O)N(C)S(=O)(=O)NC(=O)Oc1ccccc1. The Bertz CT molecular complexity index is 718. The van der Waals surface area contributed by atoms with Gasteiger partial charge in [-0.2, -0.15) is 16.8 Å². The molecule has 1 amide bonds. The van der Waals surface area contributed by atoms with Gasteiger partial charge in [-0.15, -0.1) is 0 Å². The Morgan fingerprint density at radius 3 is 2.14 bits per heavy atom. The van der Waals surface area contributed by atoms with Gasteiger partial charge in [-0.3, -0.25) is 4.84 Å². The second-order valence-electron chi connectivity index (χ2n) is 3.79. The highest BCUT2D eigenvalue weighted by Crippen LogP contribution is 2.11. The maximum Gasteiger partial charge on any atom is 0.427 e. The third-order valence-electron chi connectivity index (χ3n) is 2.41. The lowest BCUT2D eigenvalue weighted by Gasteiger charge is -2.21. The first kappa shape index (κ1) is 18.3. The van der Waals surface area contributed by atoms with Crippen molar-refractivity contribution in [3.8, 4) is 5.75 Å². The van der Waals surface area contributed by atoms with E-state index in [-0.39, 0.29) is 9.46 Å². The Morgan fingerprint density at radius 1 is 1.09 bits per heavy atom. The third kappa shape index (κ3) is 4.38. The van der Waals surface area contributed by atoms with Crippen LogP contribution in [-0.2, 0) is 25.3 Å². The molecular formula is C10H15N3O7S2. The summed E-state index contributed by atoms with van der Waals surface area (Å²) < 4.78 is 53.7. The first-order chi connectivity index (χ1) is 10.1. The monoisotopic (exact) mass is 353 g/mol. The standard InChI is InChI=1S/C10H15N3O7S2/c1-12(19-3)22(17,18)13(2)21(15,16)11-10(14)20-9-7-5-4-6-8-9/h4-8H,1-3H3,(H,11,14). The van der Waals surface area contributed by atoms with E-state index in [9.17, 15) is 21.6 Å². The van der Waals surface area contributed by atoms with Gasteiger partial charge in [0.25, 0.3) is 0 Å². The fourth-order valence-corrected chi connectivity index (χ4v) is 3.44. The number of amides is 1. The number of carbonyl (C=O) groups excluding carboxylic acids is 1. The van der Waals surface area contributed by atoms with Crippen LogP contribution < -0.4 is 9.46 Å². The van der Waals surface area contributed by atoms with E-state index in [1.54, 1.807) is 18.2 Å². The fraction of sp³-hybridized carbons (Fsp3) is 0.300. The van der Waals surface area contributed by atoms with Crippen LogP contribution in [0.25, 0.3) is 0 Å². The summed E-state index contributed by atoms with van der Waals surface area (Å²) in [7, 11) is -6.41. The number of hydrogen-bond donors (Lipinski definition) is 1. The smallest absolute Gasteiger partial charge is 0.410 e. The molecule has 124 valence electrons. The number of benzene rings is 1. The quantitative estimate of drug-likeness (QED) is 0.696. The Morgan fingerprint density at radius 2 is 1.64 bits per heavy atom. The predicted molar refractivity (Wildman–Crippen MR) is 76.0 cm³/mol. The van der Waals surface area contributed by atoms with E-state index in [4.69, 9.17) is 4.74 Å². The van der Waals surface area contributed by atoms with Crippen molar-refractivity contribution in [3.05, 3.63) is 30.3 Å². The van der Waals surface area contributed by atoms with E-state index >= 15 is 0 Å². The summed E-state index contributed by atoms with van der Waals surface area (Å²) in [6.45, 7) is 0. The minimum Gasteiger partial charge on any atom is -0.410 e. The number of hydrogen-bond acceptors (Lipinski definition) is 7. The molecule has 1 aromatic rings. The molecule has 0 aliphatic carbocycles. The van der Waals surface area contributed by atoms with Crippen LogP contribution in [0.5, 0.6) is 5.75 Å². The number of nitrogens with zero attached hydrogens (tertiary/aromatic N) is 2. The van der Waals surface area contributed by atoms with Crippen LogP contribution in [0.15, 0.2) is 30.3 Å². The van der Waals surface area contributed by atoms with E-state index in [1.807, 2.05) is 0 Å². The summed E-state index contributed by atoms with van der Waals surface area (Å²) in [6.07, 6.45) is -1.35. The topological polar surface area (TPSA) is 122 Å². The molecule has 0 fully saturated rings. The highest BCUT2D eigenvalue weighted by molar-refractivity contribution is 8.02. The molecule has 0 saturated carbocycles. The molecule has 0 aliphatic heterocycles. The number of para-hydroxylation sites is 1. The van der Waals surface area contributed by atoms with Crippen LogP contribution in [-0.4, -0.2) is 52.3 Å². The minimum absolute atomic E-state index is 0.0598. The molecule has 0 spiro atoms. The van der Waals surface area contributed by atoms with Gasteiger partial charge >= 0.3 is 26.5 Å². The van der Waals surface area contributed by atoms with Crippen molar-refractivity contribution >= 4 is 26.5 Å². The van der Waals surface area contributed by atoms with E-state index in [0.717, 1.165) is 21.2 Å². The highest BCUT2D eigenvalue weighted by Gasteiger charge is 2.35. The van der Waals surface area contributed by atoms with Crippen molar-refractivity contribution < 1.29 is 31.2 Å². The largest absolute Gasteiger partial charge is 0.427 e. The summed E-state index contributed by atoms with van der Waals surface area (Å²) in [4.78, 5) is 15.9. The lowest BCUT2D eigenvalue weighted by Crippen LogP contribution is -2.49. The average Bonchev–Trinajstić information content (AvgIpc) is 2.45. The molecule has 22 heavy (non-hydrogen) atoms. The summed E-state index contributed by atoms with van der Waals surface area (Å²) >= 11 is 0. The zero-order chi connectivity index (χ0) is 17.0. The van der Waals surface area contributed by atoms with Crippen molar-refractivity contribution in [3.63, 3.8) is 0 Å². The molecule has 0 unspecified atom stereocenters. The molecule has 12 heteroatoms. The Kier molecular flexibility index (Phi) is 5.85. The second kappa shape index (κ2) is 7.02. The van der Waals surface area contributed by atoms with Crippen LogP contribution >= 0.6 is 0 Å². The molecule has 1 rings (SSSR count). The summed E-state index contributed by atoms with van der Waals surface area (Å²) in [5, 5.41) is 0. The Hall–Kier alpha value is -1.73. The van der Waals surface area contributed by atoms with E-state index < -0.39 is 26.5 Å². The normalized spacial score (nSPS) is 12.4. The molecule has 0 radical (unpaired) electrons. The van der Waals surface area contributed by atoms with Gasteiger partial charge < -0.3 is 4.74 Å². The first-order valence-corrected chi connectivity index (χ1v) is 8.51. The average molecular weight is 353 g/mol. The number of nitrogens with one attached hydrogen (secondary N) is 1. The highest BCUT2D eigenvalue weighted by atomic mass is 32.3. The van der Waals surface area contributed by atoms with Crippen LogP contribution in [0.3, 0.4) is 0 Å². The number of rotatable bonds is 6. The van der Waals surface area contributed by atoms with Gasteiger partial charge in [0.05, 0.1) is 7.11 Å². The maximum absolute atomic E-state index is 11.9. The fourth-order valence-electron chi connectivity index (χ4n) is 1.17. The minimum atomic E-state index is -4.69. The van der Waals surface area contributed by atoms with Crippen LogP contribution in [0.2, 0.25) is 0 Å². The number of hydroxylamine groups is 1. The lowest BCUT2D eigenvalue weighted by molar-refractivity contribution is -0.0290. The third-order valence-corrected chi connectivity index (χ3v) is 6.12. The summed E-state index contributed by atoms with van der Waals surface area (Å²) in [6, 6.07) is 7.65. The molecule has 1 N–H and O–H groups in total. The van der Waals surface area contributed by atoms with E-state index in [2.05, 4.69) is 4.84 Å². The Labute approximate surface area is 128 Å². The van der Waals surface area contributed by atoms with E-state index in [1.165, 1.54) is 16.9 Å². The van der Waals surface area contributed by atoms with Crippen LogP contribution in [0, 0.1) is 0 Å². The molecular weight excluding hydrogens is 338 g/mol. The van der Waals surface area contributed by atoms with Crippen molar-refractivity contribution in [1.29, 1.82) is 0 Å². The molecule has 0 atom stereocenters. The number of carbonyl (C=O) groups is 1. The molecule has 1 aromatic carbocycles. The van der Waals surface area contributed by atoms with Gasteiger partial charge in [-0.25, -0.2) is 9.52 Å². The number of ether oxygens (including phenoxy) is 1. The maximum atomic E-state index is 11.9. The van der Waals surface area contributed by atoms with Crippen molar-refractivity contribution in [2.75, 3.05) is 21.2 Å². The van der Waals surface area contributed by atoms with Crippen LogP contribution in [0.1, 0.15) is 0 Å². The second-order valence-corrected chi connectivity index (χ2v) is 7.68. The summed E-state index contributed by atoms with van der Waals surface area (Å²) in [5.74, 6) is 0.0923. The zero-order valence-corrected chi connectivity index (χ0v) is 13.6. The van der Waals surface area contributed by atoms with Gasteiger partial charge in [0.1, 0.15) is 5.75 Å². The Balaban J connectivity index is 2.85. The molecule has 0 aliphatic rings. The van der Waals surface area contributed by atoms with Gasteiger partial charge in [-0.1, -0.05) is 26.4 Å². The predicted octanol–water partition coefficient (Wildman–Crippen LogP) is -0.310. The molecule has 10 nitrogen and oxygen atoms in total. The molecule has 0 saturated heterocycles. The molecule has 0 aromatic heterocycles. The lowest BCUT2D eigenvalue weighted by atomic mass is 10.3. The van der Waals surface area contributed by atoms with Crippen molar-refractivity contribution in [2.45, 2.75) is 0 Å². The van der Waals surface area contributed by atoms with Crippen molar-refractivity contribution in [1.82, 2.24) is 12.9 Å². The van der Waals surface area contributed by atoms with Gasteiger partial charge in [0.15, 0.2) is 0 Å². The molecule has 0 heterocycles. The summed E-state index contributed by atoms with van der Waals surface area (Å²) in [5.41, 5.74) is 0. The first-order valence-electron chi connectivity index (χ1n) is 5.68. The van der Waals surface area contributed by atoms with E-state index in [0.29, 0.717) is 4.47 Å². The van der Waals surface area contributed by atoms with Crippen LogP contribution in [0.4, 0.5) is 4.79 Å². The molecule has 0 bridgehead atoms. The van der Waals surface area contributed by atoms with Gasteiger partial charge in [-0.05, 0) is 12.1 Å². The van der Waals surface area contributed by atoms with Gasteiger partial charge in [0, 0.05) is 14.1 Å².